The van der Waals surface area contributed by atoms with Gasteiger partial charge in [0.2, 0.25) is 6.79 Å². The van der Waals surface area contributed by atoms with Crippen molar-refractivity contribution in [2.75, 3.05) is 6.79 Å². The number of aromatic nitrogens is 2. The van der Waals surface area contributed by atoms with E-state index in [1.54, 1.807) is 28.8 Å². The number of rotatable bonds is 5. The summed E-state index contributed by atoms with van der Waals surface area (Å²) in [4.78, 5) is 14.8. The molecule has 0 fully saturated rings. The van der Waals surface area contributed by atoms with Gasteiger partial charge in [0.15, 0.2) is 17.2 Å². The van der Waals surface area contributed by atoms with Crippen molar-refractivity contribution < 1.29 is 18.7 Å². The fraction of sp³-hybridized carbons (Fsp3) is 0.238. The van der Waals surface area contributed by atoms with Crippen LogP contribution in [0.25, 0.3) is 0 Å². The monoisotopic (exact) mass is 415 g/mol. The first kappa shape index (κ1) is 19.3. The Balaban J connectivity index is 1.65. The minimum absolute atomic E-state index is 0.180. The zero-order valence-corrected chi connectivity index (χ0v) is 16.7. The highest BCUT2D eigenvalue weighted by atomic mass is 35.5. The van der Waals surface area contributed by atoms with E-state index in [2.05, 4.69) is 5.10 Å². The topological polar surface area (TPSA) is 56.6 Å². The fourth-order valence-corrected chi connectivity index (χ4v) is 3.37. The van der Waals surface area contributed by atoms with E-state index in [1.165, 1.54) is 12.1 Å². The van der Waals surface area contributed by atoms with Gasteiger partial charge in [-0.05, 0) is 48.4 Å². The van der Waals surface area contributed by atoms with Gasteiger partial charge in [0.1, 0.15) is 5.82 Å². The maximum absolute atomic E-state index is 13.4. The Hall–Kier alpha value is -3.06. The van der Waals surface area contributed by atoms with Crippen LogP contribution in [0, 0.1) is 12.7 Å². The molecule has 0 saturated carbocycles. The van der Waals surface area contributed by atoms with Gasteiger partial charge in [0.25, 0.3) is 5.91 Å². The lowest BCUT2D eigenvalue weighted by atomic mass is 10.1. The van der Waals surface area contributed by atoms with Crippen molar-refractivity contribution in [2.24, 2.45) is 7.05 Å². The average molecular weight is 416 g/mol. The molecule has 2 aromatic carbocycles. The smallest absolute Gasteiger partial charge is 0.274 e. The molecule has 0 aliphatic carbocycles. The predicted molar refractivity (Wildman–Crippen MR) is 105 cm³/mol. The van der Waals surface area contributed by atoms with Gasteiger partial charge in [-0.1, -0.05) is 23.7 Å². The summed E-state index contributed by atoms with van der Waals surface area (Å²) in [5.74, 6) is 0.649. The molecule has 0 saturated heterocycles. The molecule has 150 valence electrons. The molecule has 0 unspecified atom stereocenters. The second kappa shape index (κ2) is 7.75. The second-order valence-electron chi connectivity index (χ2n) is 6.88. The van der Waals surface area contributed by atoms with Gasteiger partial charge in [0.05, 0.1) is 0 Å². The zero-order chi connectivity index (χ0) is 20.5. The molecule has 4 rings (SSSR count). The summed E-state index contributed by atoms with van der Waals surface area (Å²) in [6.45, 7) is 2.57. The highest BCUT2D eigenvalue weighted by Crippen LogP contribution is 2.33. The highest BCUT2D eigenvalue weighted by Gasteiger charge is 2.22. The Morgan fingerprint density at radius 3 is 2.69 bits per heavy atom. The second-order valence-corrected chi connectivity index (χ2v) is 7.29. The molecule has 1 amide bonds. The summed E-state index contributed by atoms with van der Waals surface area (Å²) in [6.07, 6.45) is 0. The number of fused-ring (bicyclic) bond motifs is 1. The molecule has 8 heteroatoms. The summed E-state index contributed by atoms with van der Waals surface area (Å²) in [5, 5.41) is 4.57. The first-order chi connectivity index (χ1) is 13.9. The maximum atomic E-state index is 13.4. The molecule has 1 aliphatic heterocycles. The van der Waals surface area contributed by atoms with Crippen molar-refractivity contribution in [3.05, 3.63) is 75.8 Å². The van der Waals surface area contributed by atoms with E-state index in [1.807, 2.05) is 25.1 Å². The largest absolute Gasteiger partial charge is 0.454 e. The number of aryl methyl sites for hydroxylation is 2. The van der Waals surface area contributed by atoms with Crippen LogP contribution in [-0.2, 0) is 20.1 Å². The molecule has 6 nitrogen and oxygen atoms in total. The molecule has 3 aromatic rings. The number of ether oxygens (including phenoxy) is 2. The van der Waals surface area contributed by atoms with E-state index in [-0.39, 0.29) is 24.3 Å². The van der Waals surface area contributed by atoms with Gasteiger partial charge in [-0.15, -0.1) is 0 Å². The van der Waals surface area contributed by atoms with Crippen LogP contribution in [0.3, 0.4) is 0 Å². The predicted octanol–water partition coefficient (Wildman–Crippen LogP) is 4.09. The number of hydrogen-bond donors (Lipinski definition) is 0. The van der Waals surface area contributed by atoms with E-state index in [9.17, 15) is 9.18 Å². The quantitative estimate of drug-likeness (QED) is 0.629. The molecular weight excluding hydrogens is 397 g/mol. The van der Waals surface area contributed by atoms with E-state index < -0.39 is 5.82 Å². The Bertz CT molecular complexity index is 1060. The van der Waals surface area contributed by atoms with Crippen molar-refractivity contribution in [1.82, 2.24) is 14.7 Å². The number of carbonyl (C=O) groups excluding carboxylic acids is 1. The summed E-state index contributed by atoms with van der Waals surface area (Å²) in [5.41, 5.74) is 2.73. The zero-order valence-electron chi connectivity index (χ0n) is 16.0. The molecule has 29 heavy (non-hydrogen) atoms. The minimum atomic E-state index is -0.423. The standard InChI is InChI=1S/C21H19ClFN3O3/c1-13-7-18(24-25(13)2)21(27)26(11-15-4-5-16(23)9-17(15)22)10-14-3-6-19-20(8-14)29-12-28-19/h3-9H,10-12H2,1-2H3. The Kier molecular flexibility index (Phi) is 5.15. The molecule has 1 aromatic heterocycles. The third-order valence-corrected chi connectivity index (χ3v) is 5.16. The van der Waals surface area contributed by atoms with Crippen molar-refractivity contribution in [2.45, 2.75) is 20.0 Å². The summed E-state index contributed by atoms with van der Waals surface area (Å²) >= 11 is 6.20. The molecule has 0 N–H and O–H groups in total. The van der Waals surface area contributed by atoms with Gasteiger partial charge in [0, 0.05) is 30.9 Å². The molecule has 0 spiro atoms. The normalized spacial score (nSPS) is 12.3. The number of nitrogens with zero attached hydrogens (tertiary/aromatic N) is 3. The molecule has 0 atom stereocenters. The molecular formula is C21H19ClFN3O3. The van der Waals surface area contributed by atoms with Crippen molar-refractivity contribution in [3.63, 3.8) is 0 Å². The van der Waals surface area contributed by atoms with Crippen LogP contribution >= 0.6 is 11.6 Å². The van der Waals surface area contributed by atoms with Crippen LogP contribution in [0.15, 0.2) is 42.5 Å². The van der Waals surface area contributed by atoms with Gasteiger partial charge >= 0.3 is 0 Å². The third kappa shape index (κ3) is 4.05. The Morgan fingerprint density at radius 2 is 1.97 bits per heavy atom. The summed E-state index contributed by atoms with van der Waals surface area (Å²) in [6, 6.07) is 11.4. The lowest BCUT2D eigenvalue weighted by molar-refractivity contribution is 0.0723. The first-order valence-electron chi connectivity index (χ1n) is 9.03. The molecule has 1 aliphatic rings. The molecule has 0 radical (unpaired) electrons. The van der Waals surface area contributed by atoms with Gasteiger partial charge in [-0.2, -0.15) is 5.10 Å². The number of hydrogen-bond acceptors (Lipinski definition) is 4. The van der Waals surface area contributed by atoms with E-state index in [0.717, 1.165) is 11.3 Å². The number of benzene rings is 2. The Labute approximate surface area is 172 Å². The summed E-state index contributed by atoms with van der Waals surface area (Å²) in [7, 11) is 1.78. The molecule has 2 heterocycles. The number of carbonyl (C=O) groups is 1. The van der Waals surface area contributed by atoms with Crippen molar-refractivity contribution >= 4 is 17.5 Å². The van der Waals surface area contributed by atoms with Crippen LogP contribution in [0.4, 0.5) is 4.39 Å². The van der Waals surface area contributed by atoms with Crippen molar-refractivity contribution in [1.29, 1.82) is 0 Å². The number of halogens is 2. The lowest BCUT2D eigenvalue weighted by Gasteiger charge is -2.23. The fourth-order valence-electron chi connectivity index (χ4n) is 3.14. The van der Waals surface area contributed by atoms with Gasteiger partial charge < -0.3 is 14.4 Å². The maximum Gasteiger partial charge on any atom is 0.274 e. The Morgan fingerprint density at radius 1 is 1.17 bits per heavy atom. The SMILES string of the molecule is Cc1cc(C(=O)N(Cc2ccc3c(c2)OCO3)Cc2ccc(F)cc2Cl)nn1C. The average Bonchev–Trinajstić information content (AvgIpc) is 3.28. The van der Waals surface area contributed by atoms with E-state index in [4.69, 9.17) is 21.1 Å². The van der Waals surface area contributed by atoms with Crippen LogP contribution < -0.4 is 9.47 Å². The lowest BCUT2D eigenvalue weighted by Crippen LogP contribution is -2.30. The van der Waals surface area contributed by atoms with Crippen LogP contribution in [0.2, 0.25) is 5.02 Å². The van der Waals surface area contributed by atoms with E-state index in [0.29, 0.717) is 29.3 Å². The van der Waals surface area contributed by atoms with Gasteiger partial charge in [-0.25, -0.2) is 4.39 Å². The van der Waals surface area contributed by atoms with E-state index >= 15 is 0 Å². The van der Waals surface area contributed by atoms with Crippen LogP contribution in [0.1, 0.15) is 27.3 Å². The summed E-state index contributed by atoms with van der Waals surface area (Å²) < 4.78 is 25.9. The minimum Gasteiger partial charge on any atom is -0.454 e. The highest BCUT2D eigenvalue weighted by molar-refractivity contribution is 6.31. The van der Waals surface area contributed by atoms with Crippen LogP contribution in [-0.4, -0.2) is 27.4 Å². The first-order valence-corrected chi connectivity index (χ1v) is 9.41. The molecule has 0 bridgehead atoms. The van der Waals surface area contributed by atoms with Crippen molar-refractivity contribution in [3.8, 4) is 11.5 Å². The number of amides is 1. The third-order valence-electron chi connectivity index (χ3n) is 4.81. The van der Waals surface area contributed by atoms with Gasteiger partial charge in [-0.3, -0.25) is 9.48 Å². The van der Waals surface area contributed by atoms with Crippen LogP contribution in [0.5, 0.6) is 11.5 Å².